The van der Waals surface area contributed by atoms with Crippen LogP contribution in [0.15, 0.2) is 24.5 Å². The number of carbonyl (C=O) groups excluding carboxylic acids is 3. The van der Waals surface area contributed by atoms with Crippen LogP contribution in [0, 0.1) is 0 Å². The van der Waals surface area contributed by atoms with E-state index in [2.05, 4.69) is 10.3 Å². The largest absolute Gasteiger partial charge is 0.328 e. The summed E-state index contributed by atoms with van der Waals surface area (Å²) in [5.41, 5.74) is 1.53. The number of urea groups is 1. The first kappa shape index (κ1) is 11.4. The molecule has 3 heterocycles. The number of carbonyl (C=O) groups is 3. The number of amides is 3. The maximum Gasteiger partial charge on any atom is 0.328 e. The van der Waals surface area contributed by atoms with E-state index >= 15 is 0 Å². The number of anilines is 1. The Morgan fingerprint density at radius 1 is 1.32 bits per heavy atom. The van der Waals surface area contributed by atoms with Gasteiger partial charge in [-0.05, 0) is 12.1 Å². The summed E-state index contributed by atoms with van der Waals surface area (Å²) >= 11 is 0. The zero-order valence-corrected chi connectivity index (χ0v) is 9.87. The number of rotatable bonds is 2. The van der Waals surface area contributed by atoms with Gasteiger partial charge in [0.2, 0.25) is 5.91 Å². The highest BCUT2D eigenvalue weighted by atomic mass is 16.2. The molecular formula is C12H10N4O3. The summed E-state index contributed by atoms with van der Waals surface area (Å²) in [5.74, 6) is -0.287. The van der Waals surface area contributed by atoms with E-state index in [0.29, 0.717) is 23.6 Å². The number of aromatic nitrogens is 2. The van der Waals surface area contributed by atoms with Crippen molar-refractivity contribution in [2.45, 2.75) is 6.42 Å². The van der Waals surface area contributed by atoms with Crippen LogP contribution in [-0.2, 0) is 4.79 Å². The van der Waals surface area contributed by atoms with Gasteiger partial charge in [-0.3, -0.25) is 24.2 Å². The average Bonchev–Trinajstić information content (AvgIpc) is 2.87. The highest BCUT2D eigenvalue weighted by Gasteiger charge is 2.26. The molecule has 19 heavy (non-hydrogen) atoms. The second-order valence-corrected chi connectivity index (χ2v) is 4.14. The molecule has 0 radical (unpaired) electrons. The molecule has 1 aliphatic rings. The van der Waals surface area contributed by atoms with Crippen molar-refractivity contribution in [3.8, 4) is 0 Å². The van der Waals surface area contributed by atoms with Crippen LogP contribution < -0.4 is 10.2 Å². The van der Waals surface area contributed by atoms with E-state index in [0.717, 1.165) is 6.29 Å². The van der Waals surface area contributed by atoms with E-state index in [1.54, 1.807) is 28.9 Å². The predicted molar refractivity (Wildman–Crippen MR) is 66.1 cm³/mol. The zero-order valence-electron chi connectivity index (χ0n) is 9.87. The molecule has 2 aromatic heterocycles. The Morgan fingerprint density at radius 3 is 2.89 bits per heavy atom. The lowest BCUT2D eigenvalue weighted by Crippen LogP contribution is -2.49. The third kappa shape index (κ3) is 1.75. The molecule has 7 heteroatoms. The Bertz CT molecular complexity index is 691. The second kappa shape index (κ2) is 4.20. The topological polar surface area (TPSA) is 83.8 Å². The number of nitrogens with one attached hydrogen (secondary N) is 1. The minimum atomic E-state index is -0.472. The molecule has 0 saturated carbocycles. The summed E-state index contributed by atoms with van der Waals surface area (Å²) in [7, 11) is 0. The minimum Gasteiger partial charge on any atom is -0.296 e. The van der Waals surface area contributed by atoms with Gasteiger partial charge in [0.1, 0.15) is 0 Å². The van der Waals surface area contributed by atoms with Crippen LogP contribution in [0.1, 0.15) is 16.9 Å². The highest BCUT2D eigenvalue weighted by Crippen LogP contribution is 2.23. The number of pyridine rings is 1. The van der Waals surface area contributed by atoms with Gasteiger partial charge in [0.15, 0.2) is 11.9 Å². The molecule has 1 N–H and O–H groups in total. The normalized spacial score (nSPS) is 15.7. The number of nitrogens with zero attached hydrogens (tertiary/aromatic N) is 3. The van der Waals surface area contributed by atoms with Gasteiger partial charge in [0.05, 0.1) is 11.4 Å². The maximum absolute atomic E-state index is 11.8. The van der Waals surface area contributed by atoms with E-state index < -0.39 is 6.03 Å². The van der Waals surface area contributed by atoms with Crippen molar-refractivity contribution in [2.75, 3.05) is 11.4 Å². The first-order valence-corrected chi connectivity index (χ1v) is 5.73. The number of fused-ring (bicyclic) bond motifs is 1. The van der Waals surface area contributed by atoms with Crippen LogP contribution in [0.25, 0.3) is 5.65 Å². The van der Waals surface area contributed by atoms with Crippen molar-refractivity contribution >= 4 is 29.6 Å². The molecule has 0 spiro atoms. The van der Waals surface area contributed by atoms with Crippen molar-refractivity contribution in [1.29, 1.82) is 0 Å². The molecule has 0 unspecified atom stereocenters. The standard InChI is InChI=1S/C12H10N4O3/c17-7-8-1-2-9(11-13-4-6-15(8)11)16-5-3-10(18)14-12(16)19/h1-2,4,6-7H,3,5H2,(H,14,18,19). The minimum absolute atomic E-state index is 0.244. The lowest BCUT2D eigenvalue weighted by Gasteiger charge is -2.26. The van der Waals surface area contributed by atoms with Crippen molar-refractivity contribution < 1.29 is 14.4 Å². The Hall–Kier alpha value is -2.70. The molecule has 1 aliphatic heterocycles. The van der Waals surface area contributed by atoms with Gasteiger partial charge in [0.25, 0.3) is 0 Å². The number of hydrogen-bond acceptors (Lipinski definition) is 4. The zero-order chi connectivity index (χ0) is 13.4. The van der Waals surface area contributed by atoms with Gasteiger partial charge >= 0.3 is 6.03 Å². The van der Waals surface area contributed by atoms with Gasteiger partial charge in [-0.15, -0.1) is 0 Å². The van der Waals surface area contributed by atoms with Gasteiger partial charge in [-0.25, -0.2) is 9.78 Å². The number of imide groups is 1. The summed E-state index contributed by atoms with van der Waals surface area (Å²) in [6, 6.07) is 2.79. The molecule has 0 aliphatic carbocycles. The molecule has 3 amide bonds. The van der Waals surface area contributed by atoms with Gasteiger partial charge in [0, 0.05) is 25.4 Å². The highest BCUT2D eigenvalue weighted by molar-refractivity contribution is 6.07. The fourth-order valence-corrected chi connectivity index (χ4v) is 2.12. The average molecular weight is 258 g/mol. The van der Waals surface area contributed by atoms with Gasteiger partial charge < -0.3 is 0 Å². The van der Waals surface area contributed by atoms with Crippen LogP contribution >= 0.6 is 0 Å². The third-order valence-corrected chi connectivity index (χ3v) is 3.03. The fraction of sp³-hybridized carbons (Fsp3) is 0.167. The maximum atomic E-state index is 11.8. The van der Waals surface area contributed by atoms with E-state index in [4.69, 9.17) is 0 Å². The molecule has 0 aromatic carbocycles. The molecule has 0 bridgehead atoms. The molecule has 96 valence electrons. The summed E-state index contributed by atoms with van der Waals surface area (Å²) in [4.78, 5) is 39.5. The van der Waals surface area contributed by atoms with E-state index in [-0.39, 0.29) is 12.3 Å². The Labute approximate surface area is 107 Å². The first-order chi connectivity index (χ1) is 9.20. The quantitative estimate of drug-likeness (QED) is 0.799. The lowest BCUT2D eigenvalue weighted by molar-refractivity contribution is -0.120. The fourth-order valence-electron chi connectivity index (χ4n) is 2.12. The SMILES string of the molecule is O=Cc1ccc(N2CCC(=O)NC2=O)c2nccn12. The second-order valence-electron chi connectivity index (χ2n) is 4.14. The Morgan fingerprint density at radius 2 is 2.16 bits per heavy atom. The number of hydrogen-bond donors (Lipinski definition) is 1. The van der Waals surface area contributed by atoms with Crippen molar-refractivity contribution in [2.24, 2.45) is 0 Å². The van der Waals surface area contributed by atoms with E-state index in [9.17, 15) is 14.4 Å². The first-order valence-electron chi connectivity index (χ1n) is 5.73. The molecule has 0 atom stereocenters. The molecule has 2 aromatic rings. The van der Waals surface area contributed by atoms with E-state index in [1.807, 2.05) is 0 Å². The third-order valence-electron chi connectivity index (χ3n) is 3.03. The molecular weight excluding hydrogens is 248 g/mol. The summed E-state index contributed by atoms with van der Waals surface area (Å²) in [6.07, 6.45) is 4.17. The Balaban J connectivity index is 2.11. The smallest absolute Gasteiger partial charge is 0.296 e. The van der Waals surface area contributed by atoms with Crippen LogP contribution in [0.3, 0.4) is 0 Å². The molecule has 1 fully saturated rings. The molecule has 7 nitrogen and oxygen atoms in total. The number of imidazole rings is 1. The monoisotopic (exact) mass is 258 g/mol. The van der Waals surface area contributed by atoms with Crippen LogP contribution in [0.5, 0.6) is 0 Å². The summed E-state index contributed by atoms with van der Waals surface area (Å²) in [6.45, 7) is 0.299. The lowest BCUT2D eigenvalue weighted by atomic mass is 10.2. The summed E-state index contributed by atoms with van der Waals surface area (Å²) in [5, 5.41) is 2.25. The van der Waals surface area contributed by atoms with Crippen LogP contribution in [0.4, 0.5) is 10.5 Å². The number of aldehydes is 1. The van der Waals surface area contributed by atoms with Crippen LogP contribution in [0.2, 0.25) is 0 Å². The van der Waals surface area contributed by atoms with Crippen LogP contribution in [-0.4, -0.2) is 34.2 Å². The Kier molecular flexibility index (Phi) is 2.52. The van der Waals surface area contributed by atoms with Crippen molar-refractivity contribution in [3.05, 3.63) is 30.2 Å². The summed E-state index contributed by atoms with van der Waals surface area (Å²) < 4.78 is 1.60. The van der Waals surface area contributed by atoms with E-state index in [1.165, 1.54) is 4.90 Å². The molecule has 1 saturated heterocycles. The van der Waals surface area contributed by atoms with Gasteiger partial charge in [-0.2, -0.15) is 0 Å². The van der Waals surface area contributed by atoms with Crippen molar-refractivity contribution in [3.63, 3.8) is 0 Å². The van der Waals surface area contributed by atoms with Gasteiger partial charge in [-0.1, -0.05) is 0 Å². The van der Waals surface area contributed by atoms with Crippen molar-refractivity contribution in [1.82, 2.24) is 14.7 Å². The molecule has 3 rings (SSSR count). The predicted octanol–water partition coefficient (Wildman–Crippen LogP) is 0.593.